The highest BCUT2D eigenvalue weighted by atomic mass is 35.5. The van der Waals surface area contributed by atoms with Crippen molar-refractivity contribution >= 4 is 11.6 Å². The van der Waals surface area contributed by atoms with Crippen LogP contribution in [0.4, 0.5) is 0 Å². The minimum Gasteiger partial charge on any atom is -0.385 e. The van der Waals surface area contributed by atoms with Gasteiger partial charge >= 0.3 is 0 Å². The summed E-state index contributed by atoms with van der Waals surface area (Å²) in [5, 5.41) is 4.04. The van der Waals surface area contributed by atoms with Crippen LogP contribution < -0.4 is 0 Å². The van der Waals surface area contributed by atoms with Gasteiger partial charge in [-0.15, -0.1) is 11.6 Å². The summed E-state index contributed by atoms with van der Waals surface area (Å²) >= 11 is 5.67. The molecule has 1 aromatic heterocycles. The van der Waals surface area contributed by atoms with Crippen LogP contribution >= 0.6 is 11.6 Å². The number of alkyl halides is 1. The van der Waals surface area contributed by atoms with Gasteiger partial charge in [-0.25, -0.2) is 9.67 Å². The molecule has 1 heterocycles. The molecule has 0 aliphatic heterocycles. The van der Waals surface area contributed by atoms with Crippen molar-refractivity contribution < 1.29 is 9.47 Å². The van der Waals surface area contributed by atoms with E-state index in [0.29, 0.717) is 25.6 Å². The minimum absolute atomic E-state index is 0.379. The first-order chi connectivity index (χ1) is 7.38. The average molecular weight is 234 g/mol. The maximum absolute atomic E-state index is 5.67. The van der Waals surface area contributed by atoms with Crippen molar-refractivity contribution in [2.75, 3.05) is 26.9 Å². The summed E-state index contributed by atoms with van der Waals surface area (Å²) in [6.07, 6.45) is 2.42. The van der Waals surface area contributed by atoms with Crippen LogP contribution in [0, 0.1) is 0 Å². The maximum atomic E-state index is 5.67. The lowest BCUT2D eigenvalue weighted by molar-refractivity contribution is 0.0957. The molecule has 5 nitrogen and oxygen atoms in total. The molecule has 0 amide bonds. The summed E-state index contributed by atoms with van der Waals surface area (Å²) in [5.41, 5.74) is 0. The second-order valence-corrected chi connectivity index (χ2v) is 3.26. The molecule has 1 rings (SSSR count). The van der Waals surface area contributed by atoms with Crippen molar-refractivity contribution in [1.29, 1.82) is 0 Å². The zero-order valence-corrected chi connectivity index (χ0v) is 9.61. The van der Waals surface area contributed by atoms with E-state index >= 15 is 0 Å². The van der Waals surface area contributed by atoms with Gasteiger partial charge in [0.2, 0.25) is 0 Å². The molecule has 0 aromatic carbocycles. The van der Waals surface area contributed by atoms with Crippen LogP contribution in [-0.4, -0.2) is 41.7 Å². The molecule has 86 valence electrons. The fourth-order valence-corrected chi connectivity index (χ4v) is 1.34. The normalized spacial score (nSPS) is 10.8. The molecule has 0 radical (unpaired) electrons. The summed E-state index contributed by atoms with van der Waals surface area (Å²) in [4.78, 5) is 4.01. The van der Waals surface area contributed by atoms with E-state index in [1.807, 2.05) is 0 Å². The Hall–Kier alpha value is -0.650. The predicted octanol–water partition coefficient (Wildman–Crippen LogP) is 1.07. The number of hydrogen-bond acceptors (Lipinski definition) is 4. The standard InChI is InChI=1S/C9H16ClN3O2/c1-14-4-2-5-15-6-3-13-9(7-10)11-8-12-13/h8H,2-7H2,1H3. The van der Waals surface area contributed by atoms with Crippen LogP contribution in [0.5, 0.6) is 0 Å². The van der Waals surface area contributed by atoms with Gasteiger partial charge in [-0.3, -0.25) is 0 Å². The first-order valence-electron chi connectivity index (χ1n) is 4.87. The van der Waals surface area contributed by atoms with Gasteiger partial charge in [0.1, 0.15) is 12.2 Å². The Morgan fingerprint density at radius 3 is 3.00 bits per heavy atom. The van der Waals surface area contributed by atoms with Crippen LogP contribution in [-0.2, 0) is 21.9 Å². The van der Waals surface area contributed by atoms with Crippen molar-refractivity contribution in [3.63, 3.8) is 0 Å². The topological polar surface area (TPSA) is 49.2 Å². The number of rotatable bonds is 8. The van der Waals surface area contributed by atoms with Gasteiger partial charge in [0.15, 0.2) is 0 Å². The third-order valence-corrected chi connectivity index (χ3v) is 2.14. The number of hydrogen-bond donors (Lipinski definition) is 0. The zero-order chi connectivity index (χ0) is 10.9. The van der Waals surface area contributed by atoms with Gasteiger partial charge in [0, 0.05) is 20.3 Å². The quantitative estimate of drug-likeness (QED) is 0.498. The van der Waals surface area contributed by atoms with E-state index in [1.54, 1.807) is 11.8 Å². The molecule has 0 atom stereocenters. The van der Waals surface area contributed by atoms with Crippen LogP contribution in [0.2, 0.25) is 0 Å². The first-order valence-corrected chi connectivity index (χ1v) is 5.41. The summed E-state index contributed by atoms with van der Waals surface area (Å²) in [6.45, 7) is 2.75. The molecule has 0 bridgehead atoms. The van der Waals surface area contributed by atoms with Crippen LogP contribution in [0.1, 0.15) is 12.2 Å². The lowest BCUT2D eigenvalue weighted by Crippen LogP contribution is -2.11. The monoisotopic (exact) mass is 233 g/mol. The number of nitrogens with zero attached hydrogens (tertiary/aromatic N) is 3. The Kier molecular flexibility index (Phi) is 6.31. The van der Waals surface area contributed by atoms with E-state index in [2.05, 4.69) is 10.1 Å². The van der Waals surface area contributed by atoms with Gasteiger partial charge in [-0.1, -0.05) is 0 Å². The van der Waals surface area contributed by atoms with E-state index in [4.69, 9.17) is 21.1 Å². The predicted molar refractivity (Wildman–Crippen MR) is 56.9 cm³/mol. The molecule has 0 aliphatic carbocycles. The summed E-state index contributed by atoms with van der Waals surface area (Å²) < 4.78 is 12.1. The van der Waals surface area contributed by atoms with Crippen molar-refractivity contribution in [3.05, 3.63) is 12.2 Å². The number of methoxy groups -OCH3 is 1. The van der Waals surface area contributed by atoms with Gasteiger partial charge in [-0.2, -0.15) is 5.10 Å². The summed E-state index contributed by atoms with van der Waals surface area (Å²) in [7, 11) is 1.68. The van der Waals surface area contributed by atoms with E-state index in [0.717, 1.165) is 18.9 Å². The van der Waals surface area contributed by atoms with Crippen molar-refractivity contribution in [2.24, 2.45) is 0 Å². The van der Waals surface area contributed by atoms with Crippen LogP contribution in [0.15, 0.2) is 6.33 Å². The molecule has 0 saturated carbocycles. The molecule has 15 heavy (non-hydrogen) atoms. The molecule has 0 saturated heterocycles. The molecular weight excluding hydrogens is 218 g/mol. The third-order valence-electron chi connectivity index (χ3n) is 1.90. The largest absolute Gasteiger partial charge is 0.385 e. The summed E-state index contributed by atoms with van der Waals surface area (Å²) in [6, 6.07) is 0. The lowest BCUT2D eigenvalue weighted by Gasteiger charge is -2.05. The fourth-order valence-electron chi connectivity index (χ4n) is 1.14. The Morgan fingerprint density at radius 2 is 2.27 bits per heavy atom. The molecule has 1 aromatic rings. The van der Waals surface area contributed by atoms with Crippen molar-refractivity contribution in [1.82, 2.24) is 14.8 Å². The van der Waals surface area contributed by atoms with Crippen molar-refractivity contribution in [2.45, 2.75) is 18.8 Å². The summed E-state index contributed by atoms with van der Waals surface area (Å²) in [5.74, 6) is 1.15. The minimum atomic E-state index is 0.379. The number of halogens is 1. The highest BCUT2D eigenvalue weighted by molar-refractivity contribution is 6.16. The number of ether oxygens (including phenoxy) is 2. The maximum Gasteiger partial charge on any atom is 0.141 e. The van der Waals surface area contributed by atoms with Gasteiger partial charge in [0.05, 0.1) is 19.0 Å². The second kappa shape index (κ2) is 7.62. The Labute approximate surface area is 94.3 Å². The SMILES string of the molecule is COCCCOCCn1ncnc1CCl. The highest BCUT2D eigenvalue weighted by Crippen LogP contribution is 1.98. The van der Waals surface area contributed by atoms with E-state index in [9.17, 15) is 0 Å². The molecule has 0 unspecified atom stereocenters. The molecule has 0 spiro atoms. The smallest absolute Gasteiger partial charge is 0.141 e. The fraction of sp³-hybridized carbons (Fsp3) is 0.778. The molecule has 0 fully saturated rings. The first kappa shape index (κ1) is 12.4. The Balaban J connectivity index is 2.09. The Bertz CT molecular complexity index is 268. The zero-order valence-electron chi connectivity index (χ0n) is 8.86. The van der Waals surface area contributed by atoms with Gasteiger partial charge < -0.3 is 9.47 Å². The average Bonchev–Trinajstić information content (AvgIpc) is 2.70. The molecule has 0 aliphatic rings. The lowest BCUT2D eigenvalue weighted by atomic mass is 10.5. The van der Waals surface area contributed by atoms with Crippen molar-refractivity contribution in [3.8, 4) is 0 Å². The van der Waals surface area contributed by atoms with Gasteiger partial charge in [0.25, 0.3) is 0 Å². The number of aromatic nitrogens is 3. The highest BCUT2D eigenvalue weighted by Gasteiger charge is 2.01. The molecule has 0 N–H and O–H groups in total. The molecule has 6 heteroatoms. The van der Waals surface area contributed by atoms with E-state index in [-0.39, 0.29) is 0 Å². The second-order valence-electron chi connectivity index (χ2n) is 2.99. The van der Waals surface area contributed by atoms with E-state index < -0.39 is 0 Å². The van der Waals surface area contributed by atoms with E-state index in [1.165, 1.54) is 6.33 Å². The van der Waals surface area contributed by atoms with Gasteiger partial charge in [-0.05, 0) is 6.42 Å². The van der Waals surface area contributed by atoms with Crippen LogP contribution in [0.25, 0.3) is 0 Å². The molecular formula is C9H16ClN3O2. The third kappa shape index (κ3) is 4.59. The van der Waals surface area contributed by atoms with Crippen LogP contribution in [0.3, 0.4) is 0 Å². The Morgan fingerprint density at radius 1 is 1.40 bits per heavy atom.